The summed E-state index contributed by atoms with van der Waals surface area (Å²) in [6, 6.07) is 15.3. The van der Waals surface area contributed by atoms with Crippen molar-refractivity contribution in [2.24, 2.45) is 5.92 Å². The Morgan fingerprint density at radius 1 is 0.963 bits per heavy atom. The van der Waals surface area contributed by atoms with Crippen molar-refractivity contribution >= 4 is 29.1 Å². The number of rotatable bonds is 7. The molecule has 1 spiro atoms. The quantitative estimate of drug-likeness (QED) is 0.265. The summed E-state index contributed by atoms with van der Waals surface area (Å²) >= 11 is 0. The predicted molar refractivity (Wildman–Crippen MR) is 203 cm³/mol. The third-order valence-corrected chi connectivity index (χ3v) is 12.4. The SMILES string of the molecule is CC(C)(C)OC(=O)N1C[C@@H]2CCCN2c2cc(N3CCC4(CC3)C[C@@H](CC(=O)N[C@@H](Cc3ccc(F)c(F)c3)[C@@H]3CCOC3)c3ccc(F)cc34)ccc21. The summed E-state index contributed by atoms with van der Waals surface area (Å²) in [6.07, 6.45) is 5.65. The zero-order valence-electron chi connectivity index (χ0n) is 31.5. The van der Waals surface area contributed by atoms with Crippen molar-refractivity contribution < 1.29 is 32.2 Å². The molecule has 0 unspecified atom stereocenters. The number of carbonyl (C=O) groups is 2. The second kappa shape index (κ2) is 14.4. The van der Waals surface area contributed by atoms with Crippen LogP contribution in [0.2, 0.25) is 0 Å². The lowest BCUT2D eigenvalue weighted by Crippen LogP contribution is -2.49. The molecular formula is C43H51F3N4O4. The monoisotopic (exact) mass is 744 g/mol. The molecule has 3 saturated heterocycles. The average molecular weight is 745 g/mol. The molecule has 3 aromatic rings. The molecule has 54 heavy (non-hydrogen) atoms. The molecule has 4 aliphatic heterocycles. The lowest BCUT2D eigenvalue weighted by molar-refractivity contribution is -0.122. The molecule has 0 aromatic heterocycles. The van der Waals surface area contributed by atoms with E-state index < -0.39 is 17.2 Å². The van der Waals surface area contributed by atoms with Crippen LogP contribution in [0.3, 0.4) is 0 Å². The first kappa shape index (κ1) is 36.7. The van der Waals surface area contributed by atoms with Gasteiger partial charge in [-0.2, -0.15) is 0 Å². The Labute approximate surface area is 316 Å². The summed E-state index contributed by atoms with van der Waals surface area (Å²) in [5.41, 5.74) is 4.91. The number of piperidine rings is 1. The Kier molecular flexibility index (Phi) is 9.81. The molecule has 1 aliphatic carbocycles. The van der Waals surface area contributed by atoms with Crippen LogP contribution in [0, 0.1) is 23.4 Å². The Morgan fingerprint density at radius 2 is 1.78 bits per heavy atom. The van der Waals surface area contributed by atoms with Gasteiger partial charge in [0.15, 0.2) is 11.6 Å². The number of amides is 2. The molecule has 288 valence electrons. The molecule has 0 bridgehead atoms. The van der Waals surface area contributed by atoms with E-state index in [2.05, 4.69) is 33.3 Å². The van der Waals surface area contributed by atoms with Crippen molar-refractivity contribution in [3.8, 4) is 0 Å². The topological polar surface area (TPSA) is 74.4 Å². The first-order valence-corrected chi connectivity index (χ1v) is 19.6. The number of carbonyl (C=O) groups excluding carboxylic acids is 2. The van der Waals surface area contributed by atoms with E-state index >= 15 is 0 Å². The highest BCUT2D eigenvalue weighted by Gasteiger charge is 2.47. The number of nitrogens with one attached hydrogen (secondary N) is 1. The molecule has 3 aromatic carbocycles. The number of nitrogens with zero attached hydrogens (tertiary/aromatic N) is 3. The fourth-order valence-electron chi connectivity index (χ4n) is 9.81. The molecule has 4 heterocycles. The number of ether oxygens (including phenoxy) is 2. The minimum Gasteiger partial charge on any atom is -0.443 e. The standard InChI is InChI=1S/C43H51F3N4O4/c1-42(2,3)54-41(52)50-25-32-5-4-15-49(32)39-23-31(8-11-38(39)50)48-16-13-43(14-17-48)24-29(33-9-7-30(44)22-34(33)43)21-40(51)47-37(28-12-18-53-26-28)20-27-6-10-35(45)36(46)19-27/h6-11,19,22-23,28-29,32,37H,4-5,12-18,20-21,24-26H2,1-3H3,(H,47,51)/t28-,29-,32+,37+/m1/s1. The van der Waals surface area contributed by atoms with Crippen LogP contribution in [0.25, 0.3) is 0 Å². The van der Waals surface area contributed by atoms with Gasteiger partial charge in [0.25, 0.3) is 0 Å². The van der Waals surface area contributed by atoms with Crippen molar-refractivity contribution in [2.45, 2.75) is 101 Å². The minimum atomic E-state index is -0.900. The van der Waals surface area contributed by atoms with E-state index in [0.29, 0.717) is 31.7 Å². The highest BCUT2D eigenvalue weighted by atomic mass is 19.2. The van der Waals surface area contributed by atoms with Crippen LogP contribution in [0.5, 0.6) is 0 Å². The van der Waals surface area contributed by atoms with Gasteiger partial charge in [0.1, 0.15) is 11.4 Å². The van der Waals surface area contributed by atoms with Crippen LogP contribution in [0.15, 0.2) is 54.6 Å². The second-order valence-corrected chi connectivity index (χ2v) is 17.1. The van der Waals surface area contributed by atoms with Crippen molar-refractivity contribution in [3.63, 3.8) is 0 Å². The second-order valence-electron chi connectivity index (χ2n) is 17.1. The van der Waals surface area contributed by atoms with E-state index in [0.717, 1.165) is 92.4 Å². The maximum absolute atomic E-state index is 14.9. The lowest BCUT2D eigenvalue weighted by atomic mass is 9.73. The fourth-order valence-corrected chi connectivity index (χ4v) is 9.81. The Bertz CT molecular complexity index is 1900. The summed E-state index contributed by atoms with van der Waals surface area (Å²) in [5.74, 6) is -2.15. The number of fused-ring (bicyclic) bond motifs is 5. The fraction of sp³-hybridized carbons (Fsp3) is 0.535. The average Bonchev–Trinajstić information content (AvgIpc) is 3.90. The maximum Gasteiger partial charge on any atom is 0.414 e. The molecule has 1 N–H and O–H groups in total. The number of anilines is 3. The molecule has 8 nitrogen and oxygen atoms in total. The molecule has 5 aliphatic rings. The zero-order chi connectivity index (χ0) is 37.8. The van der Waals surface area contributed by atoms with Crippen molar-refractivity contribution in [1.82, 2.24) is 5.32 Å². The van der Waals surface area contributed by atoms with Gasteiger partial charge in [0, 0.05) is 62.9 Å². The smallest absolute Gasteiger partial charge is 0.414 e. The van der Waals surface area contributed by atoms with Crippen LogP contribution >= 0.6 is 0 Å². The van der Waals surface area contributed by atoms with Crippen LogP contribution in [0.1, 0.15) is 88.3 Å². The number of halogens is 3. The molecule has 0 radical (unpaired) electrons. The van der Waals surface area contributed by atoms with Gasteiger partial charge in [-0.05, 0) is 136 Å². The molecule has 2 amide bonds. The Morgan fingerprint density at radius 3 is 2.52 bits per heavy atom. The van der Waals surface area contributed by atoms with Crippen LogP contribution < -0.4 is 20.0 Å². The summed E-state index contributed by atoms with van der Waals surface area (Å²) < 4.78 is 54.0. The minimum absolute atomic E-state index is 0.0643. The van der Waals surface area contributed by atoms with Gasteiger partial charge in [-0.25, -0.2) is 18.0 Å². The molecule has 11 heteroatoms. The van der Waals surface area contributed by atoms with Crippen molar-refractivity contribution in [3.05, 3.63) is 88.7 Å². The van der Waals surface area contributed by atoms with Crippen molar-refractivity contribution in [2.75, 3.05) is 54.1 Å². The van der Waals surface area contributed by atoms with Gasteiger partial charge in [0.05, 0.1) is 18.0 Å². The molecule has 4 atom stereocenters. The van der Waals surface area contributed by atoms with E-state index in [1.54, 1.807) is 17.0 Å². The van der Waals surface area contributed by atoms with E-state index in [4.69, 9.17) is 9.47 Å². The van der Waals surface area contributed by atoms with Crippen LogP contribution in [-0.4, -0.2) is 69.1 Å². The Balaban J connectivity index is 0.974. The zero-order valence-corrected chi connectivity index (χ0v) is 31.5. The van der Waals surface area contributed by atoms with Gasteiger partial charge in [-0.15, -0.1) is 0 Å². The molecule has 8 rings (SSSR count). The van der Waals surface area contributed by atoms with Gasteiger partial charge in [-0.1, -0.05) is 12.1 Å². The first-order chi connectivity index (χ1) is 25.9. The Hall–Kier alpha value is -4.25. The van der Waals surface area contributed by atoms with Gasteiger partial charge in [-0.3, -0.25) is 9.69 Å². The van der Waals surface area contributed by atoms with E-state index in [1.807, 2.05) is 26.8 Å². The van der Waals surface area contributed by atoms with Crippen LogP contribution in [0.4, 0.5) is 35.0 Å². The molecule has 0 saturated carbocycles. The molecular weight excluding hydrogens is 693 g/mol. The summed E-state index contributed by atoms with van der Waals surface area (Å²) in [4.78, 5) is 33.7. The highest BCUT2D eigenvalue weighted by molar-refractivity contribution is 5.95. The largest absolute Gasteiger partial charge is 0.443 e. The number of hydrogen-bond acceptors (Lipinski definition) is 6. The van der Waals surface area contributed by atoms with Gasteiger partial charge < -0.3 is 24.6 Å². The summed E-state index contributed by atoms with van der Waals surface area (Å²) in [5, 5.41) is 3.24. The number of hydrogen-bond donors (Lipinski definition) is 1. The third kappa shape index (κ3) is 7.28. The predicted octanol–water partition coefficient (Wildman–Crippen LogP) is 8.01. The number of benzene rings is 3. The summed E-state index contributed by atoms with van der Waals surface area (Å²) in [6.45, 7) is 9.93. The van der Waals surface area contributed by atoms with Crippen LogP contribution in [-0.2, 0) is 26.1 Å². The maximum atomic E-state index is 14.9. The van der Waals surface area contributed by atoms with Gasteiger partial charge in [0.2, 0.25) is 5.91 Å². The first-order valence-electron chi connectivity index (χ1n) is 19.6. The van der Waals surface area contributed by atoms with Gasteiger partial charge >= 0.3 is 6.09 Å². The third-order valence-electron chi connectivity index (χ3n) is 12.4. The van der Waals surface area contributed by atoms with E-state index in [9.17, 15) is 22.8 Å². The van der Waals surface area contributed by atoms with E-state index in [-0.39, 0.29) is 53.6 Å². The molecule has 3 fully saturated rings. The summed E-state index contributed by atoms with van der Waals surface area (Å²) in [7, 11) is 0. The lowest BCUT2D eigenvalue weighted by Gasteiger charge is -2.43. The highest BCUT2D eigenvalue weighted by Crippen LogP contribution is 2.53. The van der Waals surface area contributed by atoms with E-state index in [1.165, 1.54) is 12.1 Å². The van der Waals surface area contributed by atoms with Crippen molar-refractivity contribution in [1.29, 1.82) is 0 Å². The normalized spacial score (nSPS) is 23.6.